The van der Waals surface area contributed by atoms with Crippen LogP contribution < -0.4 is 0 Å². The molecule has 20 heavy (non-hydrogen) atoms. The van der Waals surface area contributed by atoms with E-state index >= 15 is 0 Å². The maximum Gasteiger partial charge on any atom is 0.143 e. The Morgan fingerprint density at radius 3 is 2.50 bits per heavy atom. The third kappa shape index (κ3) is 2.10. The lowest BCUT2D eigenvalue weighted by Crippen LogP contribution is -2.21. The van der Waals surface area contributed by atoms with Crippen molar-refractivity contribution < 1.29 is 5.11 Å². The molecule has 0 amide bonds. The zero-order valence-electron chi connectivity index (χ0n) is 11.5. The Morgan fingerprint density at radius 1 is 1.10 bits per heavy atom. The van der Waals surface area contributed by atoms with Crippen LogP contribution in [0.4, 0.5) is 0 Å². The van der Waals surface area contributed by atoms with E-state index in [4.69, 9.17) is 0 Å². The van der Waals surface area contributed by atoms with Gasteiger partial charge in [-0.1, -0.05) is 0 Å². The molecule has 1 N–H and O–H groups in total. The number of aromatic hydroxyl groups is 1. The topological polar surface area (TPSA) is 55.3 Å². The average Bonchev–Trinajstić information content (AvgIpc) is 2.95. The number of nitrogens with zero attached hydrogens (tertiary/aromatic N) is 4. The molecule has 0 unspecified atom stereocenters. The second-order valence-electron chi connectivity index (χ2n) is 5.74. The number of hydrogen-bond acceptors (Lipinski definition) is 3. The van der Waals surface area contributed by atoms with Crippen molar-refractivity contribution in [1.82, 2.24) is 19.4 Å². The van der Waals surface area contributed by atoms with Gasteiger partial charge in [0.05, 0.1) is 22.4 Å². The molecular weight excluding hydrogens is 320 g/mol. The molecule has 3 heterocycles. The maximum atomic E-state index is 10.1. The summed E-state index contributed by atoms with van der Waals surface area (Å²) in [6, 6.07) is 1.73. The van der Waals surface area contributed by atoms with Gasteiger partial charge in [0.1, 0.15) is 11.3 Å². The highest BCUT2D eigenvalue weighted by Gasteiger charge is 2.16. The second kappa shape index (κ2) is 4.34. The molecule has 0 saturated carbocycles. The molecule has 0 aliphatic carbocycles. The summed E-state index contributed by atoms with van der Waals surface area (Å²) in [5.41, 5.74) is 2.42. The van der Waals surface area contributed by atoms with Crippen LogP contribution in [0.3, 0.4) is 0 Å². The summed E-state index contributed by atoms with van der Waals surface area (Å²) in [5, 5.41) is 18.7. The van der Waals surface area contributed by atoms with Gasteiger partial charge in [0.2, 0.25) is 0 Å². The molecule has 3 aromatic heterocycles. The highest BCUT2D eigenvalue weighted by Crippen LogP contribution is 2.31. The van der Waals surface area contributed by atoms with Gasteiger partial charge in [-0.15, -0.1) is 0 Å². The van der Waals surface area contributed by atoms with Crippen LogP contribution in [0, 0.1) is 0 Å². The summed E-state index contributed by atoms with van der Waals surface area (Å²) >= 11 is 3.37. The smallest absolute Gasteiger partial charge is 0.143 e. The van der Waals surface area contributed by atoms with Gasteiger partial charge in [0.25, 0.3) is 0 Å². The van der Waals surface area contributed by atoms with Crippen molar-refractivity contribution in [2.75, 3.05) is 0 Å². The minimum absolute atomic E-state index is 0.0703. The van der Waals surface area contributed by atoms with Gasteiger partial charge in [-0.25, -0.2) is 4.52 Å². The van der Waals surface area contributed by atoms with Crippen molar-refractivity contribution in [3.8, 4) is 16.9 Å². The van der Waals surface area contributed by atoms with Crippen molar-refractivity contribution in [2.24, 2.45) is 0 Å². The zero-order chi connectivity index (χ0) is 14.5. The predicted molar refractivity (Wildman–Crippen MR) is 80.8 cm³/mol. The first-order valence-corrected chi connectivity index (χ1v) is 7.07. The van der Waals surface area contributed by atoms with E-state index in [2.05, 4.69) is 46.9 Å². The van der Waals surface area contributed by atoms with Crippen molar-refractivity contribution in [3.05, 3.63) is 35.3 Å². The molecule has 5 nitrogen and oxygen atoms in total. The lowest BCUT2D eigenvalue weighted by atomic mass is 10.1. The molecule has 0 bridgehead atoms. The fraction of sp³-hybridized carbons (Fsp3) is 0.286. The lowest BCUT2D eigenvalue weighted by molar-refractivity contribution is 0.355. The Kier molecular flexibility index (Phi) is 2.86. The summed E-state index contributed by atoms with van der Waals surface area (Å²) in [6.45, 7) is 6.28. The molecule has 0 atom stereocenters. The van der Waals surface area contributed by atoms with Crippen LogP contribution in [0.25, 0.3) is 16.6 Å². The van der Waals surface area contributed by atoms with Gasteiger partial charge in [-0.2, -0.15) is 10.2 Å². The van der Waals surface area contributed by atoms with Crippen LogP contribution in [-0.2, 0) is 5.54 Å². The average molecular weight is 335 g/mol. The standard InChI is InChI=1S/C14H15BrN4O/c1-14(2,3)19-8-10(5-17-19)9-4-12(20)13-11(15)6-16-18(13)7-9/h4-8,20H,1-3H3. The van der Waals surface area contributed by atoms with E-state index in [9.17, 15) is 5.11 Å². The van der Waals surface area contributed by atoms with Crippen molar-refractivity contribution in [3.63, 3.8) is 0 Å². The van der Waals surface area contributed by atoms with Crippen LogP contribution in [0.2, 0.25) is 0 Å². The number of hydrogen-bond donors (Lipinski definition) is 1. The van der Waals surface area contributed by atoms with E-state index in [-0.39, 0.29) is 11.3 Å². The molecule has 0 aliphatic heterocycles. The summed E-state index contributed by atoms with van der Waals surface area (Å²) in [6.07, 6.45) is 7.31. The normalized spacial score (nSPS) is 12.2. The van der Waals surface area contributed by atoms with Gasteiger partial charge < -0.3 is 5.11 Å². The Morgan fingerprint density at radius 2 is 1.85 bits per heavy atom. The van der Waals surface area contributed by atoms with Gasteiger partial charge in [-0.3, -0.25) is 4.68 Å². The summed E-state index contributed by atoms with van der Waals surface area (Å²) in [5.74, 6) is 0.190. The summed E-state index contributed by atoms with van der Waals surface area (Å²) < 4.78 is 4.33. The molecule has 104 valence electrons. The molecule has 6 heteroatoms. The molecule has 0 aliphatic rings. The van der Waals surface area contributed by atoms with Crippen LogP contribution in [-0.4, -0.2) is 24.5 Å². The quantitative estimate of drug-likeness (QED) is 0.741. The Hall–Kier alpha value is -1.82. The molecule has 3 rings (SSSR count). The fourth-order valence-electron chi connectivity index (χ4n) is 2.06. The molecule has 0 radical (unpaired) electrons. The minimum Gasteiger partial charge on any atom is -0.506 e. The zero-order valence-corrected chi connectivity index (χ0v) is 13.1. The Labute approximate surface area is 125 Å². The van der Waals surface area contributed by atoms with Crippen LogP contribution in [0.5, 0.6) is 5.75 Å². The molecule has 0 saturated heterocycles. The van der Waals surface area contributed by atoms with E-state index in [1.54, 1.807) is 23.0 Å². The summed E-state index contributed by atoms with van der Waals surface area (Å²) in [7, 11) is 0. The lowest BCUT2D eigenvalue weighted by Gasteiger charge is -2.18. The molecule has 0 spiro atoms. The Bertz CT molecular complexity index is 782. The largest absolute Gasteiger partial charge is 0.506 e. The third-order valence-corrected chi connectivity index (χ3v) is 3.73. The maximum absolute atomic E-state index is 10.1. The van der Waals surface area contributed by atoms with Crippen LogP contribution >= 0.6 is 15.9 Å². The SMILES string of the molecule is CC(C)(C)n1cc(-c2cc(O)c3c(Br)cnn3c2)cn1. The highest BCUT2D eigenvalue weighted by molar-refractivity contribution is 9.10. The van der Waals surface area contributed by atoms with E-state index in [0.29, 0.717) is 5.52 Å². The number of rotatable bonds is 1. The predicted octanol–water partition coefficient (Wildman–Crippen LogP) is 3.42. The van der Waals surface area contributed by atoms with E-state index in [1.807, 2.05) is 17.1 Å². The second-order valence-corrected chi connectivity index (χ2v) is 6.60. The van der Waals surface area contributed by atoms with Crippen molar-refractivity contribution in [1.29, 1.82) is 0 Å². The van der Waals surface area contributed by atoms with Crippen LogP contribution in [0.1, 0.15) is 20.8 Å². The molecular formula is C14H15BrN4O. The number of halogens is 1. The van der Waals surface area contributed by atoms with Gasteiger partial charge in [0, 0.05) is 23.5 Å². The van der Waals surface area contributed by atoms with Gasteiger partial charge in [0.15, 0.2) is 0 Å². The molecule has 0 aromatic carbocycles. The monoisotopic (exact) mass is 334 g/mol. The first-order chi connectivity index (χ1) is 9.36. The van der Waals surface area contributed by atoms with Crippen molar-refractivity contribution >= 4 is 21.4 Å². The summed E-state index contributed by atoms with van der Waals surface area (Å²) in [4.78, 5) is 0. The van der Waals surface area contributed by atoms with Gasteiger partial charge >= 0.3 is 0 Å². The third-order valence-electron chi connectivity index (χ3n) is 3.15. The van der Waals surface area contributed by atoms with Crippen molar-refractivity contribution in [2.45, 2.75) is 26.3 Å². The van der Waals surface area contributed by atoms with E-state index < -0.39 is 0 Å². The van der Waals surface area contributed by atoms with Crippen LogP contribution in [0.15, 0.2) is 35.3 Å². The Balaban J connectivity index is 2.13. The molecule has 3 aromatic rings. The minimum atomic E-state index is -0.0703. The highest BCUT2D eigenvalue weighted by atomic mass is 79.9. The number of pyridine rings is 1. The first-order valence-electron chi connectivity index (χ1n) is 6.27. The van der Waals surface area contributed by atoms with Gasteiger partial charge in [-0.05, 0) is 42.8 Å². The van der Waals surface area contributed by atoms with E-state index in [1.165, 1.54) is 0 Å². The number of aromatic nitrogens is 4. The first kappa shape index (κ1) is 13.2. The fourth-order valence-corrected chi connectivity index (χ4v) is 2.54. The number of fused-ring (bicyclic) bond motifs is 1. The molecule has 0 fully saturated rings. The van der Waals surface area contributed by atoms with E-state index in [0.717, 1.165) is 15.6 Å².